The third kappa shape index (κ3) is 2.54. The fourth-order valence-electron chi connectivity index (χ4n) is 1.31. The van der Waals surface area contributed by atoms with Crippen LogP contribution in [0, 0.1) is 6.92 Å². The maximum Gasteiger partial charge on any atom is 0.115 e. The molecule has 0 spiro atoms. The highest BCUT2D eigenvalue weighted by Gasteiger charge is 1.99. The Balaban J connectivity index is 2.22. The number of aromatic hydroxyl groups is 1. The molecule has 0 saturated heterocycles. The predicted molar refractivity (Wildman–Crippen MR) is 63.4 cm³/mol. The molecule has 0 aliphatic rings. The minimum atomic E-state index is 0.309. The maximum absolute atomic E-state index is 9.17. The van der Waals surface area contributed by atoms with E-state index in [2.05, 4.69) is 19.1 Å². The highest BCUT2D eigenvalue weighted by Crippen LogP contribution is 2.30. The first-order valence-corrected chi connectivity index (χ1v) is 5.60. The standard InChI is InChI=1S/C13H12OS/c1-10-4-2-3-5-13(10)15-12-8-6-11(14)7-9-12/h2-9,14H,1H3. The van der Waals surface area contributed by atoms with Crippen LogP contribution in [0.2, 0.25) is 0 Å². The van der Waals surface area contributed by atoms with E-state index < -0.39 is 0 Å². The predicted octanol–water partition coefficient (Wildman–Crippen LogP) is 3.85. The van der Waals surface area contributed by atoms with Crippen LogP contribution in [0.3, 0.4) is 0 Å². The zero-order valence-corrected chi connectivity index (χ0v) is 9.29. The largest absolute Gasteiger partial charge is 0.508 e. The Labute approximate surface area is 93.8 Å². The zero-order chi connectivity index (χ0) is 10.7. The van der Waals surface area contributed by atoms with Crippen molar-refractivity contribution in [3.63, 3.8) is 0 Å². The number of phenols is 1. The topological polar surface area (TPSA) is 20.2 Å². The molecule has 0 bridgehead atoms. The van der Waals surface area contributed by atoms with Crippen molar-refractivity contribution in [3.05, 3.63) is 54.1 Å². The monoisotopic (exact) mass is 216 g/mol. The van der Waals surface area contributed by atoms with Crippen LogP contribution in [-0.4, -0.2) is 5.11 Å². The van der Waals surface area contributed by atoms with Crippen molar-refractivity contribution in [1.29, 1.82) is 0 Å². The van der Waals surface area contributed by atoms with Gasteiger partial charge < -0.3 is 5.11 Å². The molecule has 0 fully saturated rings. The summed E-state index contributed by atoms with van der Waals surface area (Å²) in [6.45, 7) is 2.10. The van der Waals surface area contributed by atoms with E-state index in [1.54, 1.807) is 23.9 Å². The van der Waals surface area contributed by atoms with E-state index in [-0.39, 0.29) is 0 Å². The van der Waals surface area contributed by atoms with Gasteiger partial charge >= 0.3 is 0 Å². The van der Waals surface area contributed by atoms with E-state index in [1.807, 2.05) is 24.3 Å². The van der Waals surface area contributed by atoms with Crippen molar-refractivity contribution in [3.8, 4) is 5.75 Å². The van der Waals surface area contributed by atoms with Gasteiger partial charge in [-0.05, 0) is 42.8 Å². The Kier molecular flexibility index (Phi) is 2.97. The van der Waals surface area contributed by atoms with Gasteiger partial charge in [0.2, 0.25) is 0 Å². The van der Waals surface area contributed by atoms with Crippen LogP contribution in [0.4, 0.5) is 0 Å². The molecule has 2 aromatic rings. The van der Waals surface area contributed by atoms with E-state index in [1.165, 1.54) is 10.5 Å². The highest BCUT2D eigenvalue weighted by atomic mass is 32.2. The van der Waals surface area contributed by atoms with Gasteiger partial charge in [0.05, 0.1) is 0 Å². The third-order valence-corrected chi connectivity index (χ3v) is 3.34. The molecule has 2 rings (SSSR count). The smallest absolute Gasteiger partial charge is 0.115 e. The first-order valence-electron chi connectivity index (χ1n) is 4.78. The van der Waals surface area contributed by atoms with Crippen LogP contribution in [-0.2, 0) is 0 Å². The van der Waals surface area contributed by atoms with Crippen LogP contribution >= 0.6 is 11.8 Å². The number of rotatable bonds is 2. The van der Waals surface area contributed by atoms with Crippen LogP contribution in [0.15, 0.2) is 58.3 Å². The summed E-state index contributed by atoms with van der Waals surface area (Å²) in [5.41, 5.74) is 1.27. The van der Waals surface area contributed by atoms with Crippen molar-refractivity contribution in [2.24, 2.45) is 0 Å². The lowest BCUT2D eigenvalue weighted by molar-refractivity contribution is 0.475. The SMILES string of the molecule is Cc1ccccc1Sc1ccc(O)cc1. The van der Waals surface area contributed by atoms with Gasteiger partial charge in [-0.15, -0.1) is 0 Å². The van der Waals surface area contributed by atoms with Gasteiger partial charge in [0.25, 0.3) is 0 Å². The quantitative estimate of drug-likeness (QED) is 0.822. The van der Waals surface area contributed by atoms with Gasteiger partial charge in [0.15, 0.2) is 0 Å². The normalized spacial score (nSPS) is 10.2. The molecule has 0 atom stereocenters. The molecule has 76 valence electrons. The highest BCUT2D eigenvalue weighted by molar-refractivity contribution is 7.99. The van der Waals surface area contributed by atoms with E-state index in [0.717, 1.165) is 4.90 Å². The summed E-state index contributed by atoms with van der Waals surface area (Å²) in [6.07, 6.45) is 0. The van der Waals surface area contributed by atoms with Crippen molar-refractivity contribution >= 4 is 11.8 Å². The zero-order valence-electron chi connectivity index (χ0n) is 8.47. The molecule has 2 heteroatoms. The molecular weight excluding hydrogens is 204 g/mol. The van der Waals surface area contributed by atoms with E-state index in [0.29, 0.717) is 5.75 Å². The van der Waals surface area contributed by atoms with E-state index >= 15 is 0 Å². The summed E-state index contributed by atoms with van der Waals surface area (Å²) in [5.74, 6) is 0.309. The van der Waals surface area contributed by atoms with Crippen molar-refractivity contribution in [1.82, 2.24) is 0 Å². The summed E-state index contributed by atoms with van der Waals surface area (Å²) in [5, 5.41) is 9.17. The number of benzene rings is 2. The molecule has 1 nitrogen and oxygen atoms in total. The Morgan fingerprint density at radius 3 is 2.27 bits per heavy atom. The molecule has 2 aromatic carbocycles. The van der Waals surface area contributed by atoms with Crippen LogP contribution in [0.5, 0.6) is 5.75 Å². The molecule has 0 saturated carbocycles. The molecule has 0 aromatic heterocycles. The van der Waals surface area contributed by atoms with Crippen LogP contribution in [0.25, 0.3) is 0 Å². The lowest BCUT2D eigenvalue weighted by Crippen LogP contribution is -1.78. The summed E-state index contributed by atoms with van der Waals surface area (Å²) in [7, 11) is 0. The second-order valence-corrected chi connectivity index (χ2v) is 4.48. The maximum atomic E-state index is 9.17. The van der Waals surface area contributed by atoms with Crippen molar-refractivity contribution in [2.45, 2.75) is 16.7 Å². The van der Waals surface area contributed by atoms with Crippen LogP contribution < -0.4 is 0 Å². The number of phenolic OH excluding ortho intramolecular Hbond substituents is 1. The lowest BCUT2D eigenvalue weighted by Gasteiger charge is -2.04. The fourth-order valence-corrected chi connectivity index (χ4v) is 2.21. The molecular formula is C13H12OS. The molecule has 0 radical (unpaired) electrons. The Bertz CT molecular complexity index is 448. The van der Waals surface area contributed by atoms with Gasteiger partial charge in [-0.25, -0.2) is 0 Å². The van der Waals surface area contributed by atoms with Crippen molar-refractivity contribution in [2.75, 3.05) is 0 Å². The average molecular weight is 216 g/mol. The molecule has 0 heterocycles. The summed E-state index contributed by atoms with van der Waals surface area (Å²) < 4.78 is 0. The number of aryl methyl sites for hydroxylation is 1. The van der Waals surface area contributed by atoms with E-state index in [4.69, 9.17) is 5.11 Å². The van der Waals surface area contributed by atoms with Crippen LogP contribution in [0.1, 0.15) is 5.56 Å². The van der Waals surface area contributed by atoms with Gasteiger partial charge in [-0.3, -0.25) is 0 Å². The van der Waals surface area contributed by atoms with E-state index in [9.17, 15) is 0 Å². The average Bonchev–Trinajstić information content (AvgIpc) is 2.25. The second kappa shape index (κ2) is 4.41. The summed E-state index contributed by atoms with van der Waals surface area (Å²) in [4.78, 5) is 2.39. The third-order valence-electron chi connectivity index (χ3n) is 2.16. The first-order chi connectivity index (χ1) is 7.25. The lowest BCUT2D eigenvalue weighted by atomic mass is 10.2. The first kappa shape index (κ1) is 10.1. The summed E-state index contributed by atoms with van der Waals surface area (Å²) >= 11 is 1.71. The molecule has 0 unspecified atom stereocenters. The second-order valence-electron chi connectivity index (χ2n) is 3.36. The van der Waals surface area contributed by atoms with Gasteiger partial charge in [0, 0.05) is 9.79 Å². The minimum absolute atomic E-state index is 0.309. The molecule has 0 amide bonds. The molecule has 0 aliphatic heterocycles. The van der Waals surface area contributed by atoms with Gasteiger partial charge in [-0.2, -0.15) is 0 Å². The number of hydrogen-bond donors (Lipinski definition) is 1. The Hall–Kier alpha value is -1.41. The Morgan fingerprint density at radius 1 is 0.933 bits per heavy atom. The number of hydrogen-bond acceptors (Lipinski definition) is 2. The molecule has 0 aliphatic carbocycles. The van der Waals surface area contributed by atoms with Gasteiger partial charge in [0.1, 0.15) is 5.75 Å². The molecule has 15 heavy (non-hydrogen) atoms. The molecule has 1 N–H and O–H groups in total. The fraction of sp³-hybridized carbons (Fsp3) is 0.0769. The Morgan fingerprint density at radius 2 is 1.60 bits per heavy atom. The van der Waals surface area contributed by atoms with Crippen molar-refractivity contribution < 1.29 is 5.11 Å². The minimum Gasteiger partial charge on any atom is -0.508 e. The summed E-state index contributed by atoms with van der Waals surface area (Å²) in [6, 6.07) is 15.5. The van der Waals surface area contributed by atoms with Gasteiger partial charge in [-0.1, -0.05) is 30.0 Å².